The average Bonchev–Trinajstić information content (AvgIpc) is 3.19. The number of halogens is 6. The van der Waals surface area contributed by atoms with Gasteiger partial charge in [-0.2, -0.15) is 17.6 Å². The maximum Gasteiger partial charge on any atom is 0.408 e. The molecular formula is C22H21F6N5O. The molecule has 0 spiro atoms. The van der Waals surface area contributed by atoms with Crippen LogP contribution in [-0.2, 0) is 6.42 Å². The number of H-pyrrole nitrogens is 1. The monoisotopic (exact) mass is 485 g/mol. The number of ketones is 1. The molecule has 12 heteroatoms. The first-order chi connectivity index (χ1) is 15.9. The van der Waals surface area contributed by atoms with Crippen molar-refractivity contribution in [1.29, 1.82) is 0 Å². The highest BCUT2D eigenvalue weighted by Crippen LogP contribution is 2.37. The number of aromatic nitrogens is 4. The van der Waals surface area contributed by atoms with Crippen molar-refractivity contribution in [2.45, 2.75) is 57.2 Å². The van der Waals surface area contributed by atoms with Crippen LogP contribution in [0.3, 0.4) is 0 Å². The Morgan fingerprint density at radius 3 is 2.56 bits per heavy atom. The molecule has 3 aromatic rings. The molecule has 0 saturated heterocycles. The molecule has 0 amide bonds. The van der Waals surface area contributed by atoms with Gasteiger partial charge in [0.1, 0.15) is 23.8 Å². The van der Waals surface area contributed by atoms with Crippen LogP contribution in [0.2, 0.25) is 0 Å². The van der Waals surface area contributed by atoms with E-state index in [1.807, 2.05) is 0 Å². The van der Waals surface area contributed by atoms with Crippen molar-refractivity contribution in [3.63, 3.8) is 0 Å². The van der Waals surface area contributed by atoms with Crippen LogP contribution in [-0.4, -0.2) is 43.9 Å². The first kappa shape index (κ1) is 24.0. The molecule has 2 N–H and O–H groups in total. The summed E-state index contributed by atoms with van der Waals surface area (Å²) in [4.78, 5) is 27.3. The number of anilines is 1. The molecule has 0 unspecified atom stereocenters. The molecular weight excluding hydrogens is 464 g/mol. The molecule has 0 bridgehead atoms. The van der Waals surface area contributed by atoms with Gasteiger partial charge in [-0.05, 0) is 44.2 Å². The van der Waals surface area contributed by atoms with Gasteiger partial charge in [-0.3, -0.25) is 4.79 Å². The number of nitrogens with zero attached hydrogens (tertiary/aromatic N) is 3. The fourth-order valence-electron chi connectivity index (χ4n) is 4.04. The Bertz CT molecular complexity index is 1200. The molecule has 0 aromatic carbocycles. The van der Waals surface area contributed by atoms with Crippen LogP contribution < -0.4 is 5.32 Å². The van der Waals surface area contributed by atoms with Crippen molar-refractivity contribution < 1.29 is 31.1 Å². The predicted octanol–water partition coefficient (Wildman–Crippen LogP) is 5.45. The third kappa shape index (κ3) is 5.00. The molecule has 6 nitrogen and oxygen atoms in total. The maximum absolute atomic E-state index is 14.8. The minimum atomic E-state index is -4.56. The summed E-state index contributed by atoms with van der Waals surface area (Å²) in [6.07, 6.45) is -1.82. The quantitative estimate of drug-likeness (QED) is 0.276. The number of hydrogen-bond acceptors (Lipinski definition) is 5. The Morgan fingerprint density at radius 2 is 1.91 bits per heavy atom. The second-order valence-electron chi connectivity index (χ2n) is 8.53. The average molecular weight is 485 g/mol. The van der Waals surface area contributed by atoms with Gasteiger partial charge in [-0.15, -0.1) is 0 Å². The Labute approximate surface area is 190 Å². The second-order valence-corrected chi connectivity index (χ2v) is 8.53. The Hall–Kier alpha value is -3.18. The summed E-state index contributed by atoms with van der Waals surface area (Å²) in [5.74, 6) is -4.80. The van der Waals surface area contributed by atoms with Gasteiger partial charge in [0.05, 0.1) is 16.5 Å². The molecule has 1 saturated carbocycles. The molecule has 4 rings (SSSR count). The van der Waals surface area contributed by atoms with Gasteiger partial charge in [0.2, 0.25) is 11.9 Å². The van der Waals surface area contributed by atoms with E-state index in [-0.39, 0.29) is 46.7 Å². The molecule has 34 heavy (non-hydrogen) atoms. The van der Waals surface area contributed by atoms with E-state index in [1.165, 1.54) is 18.3 Å². The molecule has 0 aliphatic heterocycles. The summed E-state index contributed by atoms with van der Waals surface area (Å²) in [5.41, 5.74) is -0.0452. The largest absolute Gasteiger partial charge is 0.408 e. The van der Waals surface area contributed by atoms with E-state index in [4.69, 9.17) is 0 Å². The highest BCUT2D eigenvalue weighted by Gasteiger charge is 2.37. The normalized spacial score (nSPS) is 17.6. The lowest BCUT2D eigenvalue weighted by Crippen LogP contribution is -2.33. The topological polar surface area (TPSA) is 83.6 Å². The number of carbonyl (C=O) groups excluding carboxylic acids is 1. The highest BCUT2D eigenvalue weighted by atomic mass is 19.4. The lowest BCUT2D eigenvalue weighted by Gasteiger charge is -2.28. The second kappa shape index (κ2) is 8.88. The molecule has 3 heterocycles. The number of nitrogens with one attached hydrogen (secondary N) is 2. The van der Waals surface area contributed by atoms with Gasteiger partial charge in [-0.1, -0.05) is 0 Å². The molecule has 1 fully saturated rings. The van der Waals surface area contributed by atoms with Crippen molar-refractivity contribution in [3.05, 3.63) is 47.4 Å². The van der Waals surface area contributed by atoms with Crippen LogP contribution in [0.4, 0.5) is 32.2 Å². The fourth-order valence-corrected chi connectivity index (χ4v) is 4.04. The molecule has 3 aromatic heterocycles. The highest BCUT2D eigenvalue weighted by molar-refractivity contribution is 6.18. The zero-order valence-corrected chi connectivity index (χ0v) is 18.0. The smallest absolute Gasteiger partial charge is 0.358 e. The summed E-state index contributed by atoms with van der Waals surface area (Å²) in [5, 5.41) is 2.22. The fraction of sp³-hybridized carbons (Fsp3) is 0.455. The number of aromatic amines is 1. The molecule has 1 atom stereocenters. The molecule has 0 radical (unpaired) electrons. The van der Waals surface area contributed by atoms with E-state index in [9.17, 15) is 31.1 Å². The SMILES string of the molecule is C[C@@H](Nc1ncnc2[nH]cc(C(=O)c3ccc(CC4CCC(F)(F)CC4)nc3F)c12)C(F)(F)F. The number of fused-ring (bicyclic) bond motifs is 1. The first-order valence-electron chi connectivity index (χ1n) is 10.7. The standard InChI is InChI=1S/C22H21F6N5O/c1-11(22(26,27)28)32-20-16-15(9-29-19(16)30-10-31-20)17(34)14-3-2-13(33-18(14)23)8-12-4-6-21(24,25)7-5-12/h2-3,9-12H,4-8H2,1H3,(H2,29,30,31,32)/t11-/m1/s1. The van der Waals surface area contributed by atoms with Crippen LogP contribution in [0, 0.1) is 11.9 Å². The Kier molecular flexibility index (Phi) is 6.26. The Morgan fingerprint density at radius 1 is 1.21 bits per heavy atom. The van der Waals surface area contributed by atoms with Crippen molar-refractivity contribution in [2.24, 2.45) is 5.92 Å². The number of alkyl halides is 5. The minimum absolute atomic E-state index is 0.00443. The molecule has 182 valence electrons. The summed E-state index contributed by atoms with van der Waals surface area (Å²) < 4.78 is 80.5. The zero-order chi connectivity index (χ0) is 24.7. The molecule has 1 aliphatic rings. The summed E-state index contributed by atoms with van der Waals surface area (Å²) in [6.45, 7) is 0.901. The number of carbonyl (C=O) groups is 1. The van der Waals surface area contributed by atoms with Crippen LogP contribution >= 0.6 is 0 Å². The van der Waals surface area contributed by atoms with Gasteiger partial charge in [0.15, 0.2) is 5.78 Å². The number of pyridine rings is 1. The van der Waals surface area contributed by atoms with Crippen molar-refractivity contribution in [2.75, 3.05) is 5.32 Å². The van der Waals surface area contributed by atoms with Crippen molar-refractivity contribution >= 4 is 22.6 Å². The van der Waals surface area contributed by atoms with E-state index in [0.717, 1.165) is 13.3 Å². The number of rotatable bonds is 6. The van der Waals surface area contributed by atoms with E-state index in [0.29, 0.717) is 25.0 Å². The van der Waals surface area contributed by atoms with E-state index < -0.39 is 29.9 Å². The number of hydrogen-bond donors (Lipinski definition) is 2. The van der Waals surface area contributed by atoms with Gasteiger partial charge in [-0.25, -0.2) is 23.7 Å². The maximum atomic E-state index is 14.8. The van der Waals surface area contributed by atoms with Crippen LogP contribution in [0.1, 0.15) is 54.2 Å². The van der Waals surface area contributed by atoms with E-state index in [1.54, 1.807) is 0 Å². The van der Waals surface area contributed by atoms with Crippen LogP contribution in [0.5, 0.6) is 0 Å². The van der Waals surface area contributed by atoms with Crippen LogP contribution in [0.25, 0.3) is 11.0 Å². The first-order valence-corrected chi connectivity index (χ1v) is 10.7. The van der Waals surface area contributed by atoms with E-state index >= 15 is 0 Å². The third-order valence-electron chi connectivity index (χ3n) is 6.04. The zero-order valence-electron chi connectivity index (χ0n) is 18.0. The summed E-state index contributed by atoms with van der Waals surface area (Å²) >= 11 is 0. The minimum Gasteiger partial charge on any atom is -0.358 e. The van der Waals surface area contributed by atoms with E-state index in [2.05, 4.69) is 25.3 Å². The third-order valence-corrected chi connectivity index (χ3v) is 6.04. The van der Waals surface area contributed by atoms with Crippen molar-refractivity contribution in [3.8, 4) is 0 Å². The summed E-state index contributed by atoms with van der Waals surface area (Å²) in [7, 11) is 0. The van der Waals surface area contributed by atoms with Gasteiger partial charge in [0.25, 0.3) is 0 Å². The van der Waals surface area contributed by atoms with Crippen LogP contribution in [0.15, 0.2) is 24.7 Å². The van der Waals surface area contributed by atoms with Gasteiger partial charge < -0.3 is 10.3 Å². The lowest BCUT2D eigenvalue weighted by atomic mass is 9.84. The Balaban J connectivity index is 1.58. The summed E-state index contributed by atoms with van der Waals surface area (Å²) in [6, 6.07) is 0.742. The lowest BCUT2D eigenvalue weighted by molar-refractivity contribution is -0.138. The van der Waals surface area contributed by atoms with Gasteiger partial charge >= 0.3 is 6.18 Å². The molecule has 1 aliphatic carbocycles. The van der Waals surface area contributed by atoms with Crippen molar-refractivity contribution in [1.82, 2.24) is 19.9 Å². The van der Waals surface area contributed by atoms with Gasteiger partial charge in [0, 0.05) is 24.7 Å². The predicted molar refractivity (Wildman–Crippen MR) is 111 cm³/mol.